The Kier molecular flexibility index (Phi) is 2.98. The van der Waals surface area contributed by atoms with Gasteiger partial charge in [0.2, 0.25) is 0 Å². The van der Waals surface area contributed by atoms with Crippen LogP contribution in [-0.2, 0) is 9.47 Å². The molecule has 0 atom stereocenters. The molecule has 70 valence electrons. The minimum atomic E-state index is 0.475. The molecule has 3 nitrogen and oxygen atoms in total. The van der Waals surface area contributed by atoms with Crippen LogP contribution < -0.4 is 0 Å². The van der Waals surface area contributed by atoms with E-state index >= 15 is 0 Å². The largest absolute Gasteiger partial charge is 0.340 e. The molecule has 1 saturated heterocycles. The topological polar surface area (TPSA) is 21.7 Å². The maximum atomic E-state index is 5.24. The van der Waals surface area contributed by atoms with E-state index in [4.69, 9.17) is 9.47 Å². The van der Waals surface area contributed by atoms with Gasteiger partial charge in [0, 0.05) is 6.04 Å². The standard InChI is InChI=1S/C9H17NO2/c1-2-4-9(5-3-1)10-6-11-8-12-7-10/h9H,1-8H2. The minimum Gasteiger partial charge on any atom is -0.340 e. The number of hydrogen-bond acceptors (Lipinski definition) is 3. The number of hydrogen-bond donors (Lipinski definition) is 0. The Morgan fingerprint density at radius 2 is 1.58 bits per heavy atom. The van der Waals surface area contributed by atoms with Gasteiger partial charge in [0.1, 0.15) is 20.3 Å². The highest BCUT2D eigenvalue weighted by Crippen LogP contribution is 2.23. The summed E-state index contributed by atoms with van der Waals surface area (Å²) in [6.45, 7) is 2.01. The van der Waals surface area contributed by atoms with Crippen molar-refractivity contribution in [2.75, 3.05) is 20.3 Å². The lowest BCUT2D eigenvalue weighted by atomic mass is 9.95. The van der Waals surface area contributed by atoms with Gasteiger partial charge in [-0.05, 0) is 12.8 Å². The van der Waals surface area contributed by atoms with Gasteiger partial charge in [-0.15, -0.1) is 0 Å². The summed E-state index contributed by atoms with van der Waals surface area (Å²) in [5, 5.41) is 0. The first-order valence-electron chi connectivity index (χ1n) is 4.86. The molecule has 3 heteroatoms. The van der Waals surface area contributed by atoms with Crippen molar-refractivity contribution in [2.24, 2.45) is 0 Å². The second-order valence-electron chi connectivity index (χ2n) is 3.66. The minimum absolute atomic E-state index is 0.475. The second kappa shape index (κ2) is 4.21. The summed E-state index contributed by atoms with van der Waals surface area (Å²) in [7, 11) is 0. The van der Waals surface area contributed by atoms with Crippen LogP contribution in [0.3, 0.4) is 0 Å². The van der Waals surface area contributed by atoms with Gasteiger partial charge in [-0.1, -0.05) is 19.3 Å². The Morgan fingerprint density at radius 3 is 2.25 bits per heavy atom. The molecule has 1 heterocycles. The van der Waals surface area contributed by atoms with Crippen molar-refractivity contribution in [3.05, 3.63) is 0 Å². The van der Waals surface area contributed by atoms with E-state index in [1.165, 1.54) is 32.1 Å². The zero-order chi connectivity index (χ0) is 8.23. The quantitative estimate of drug-likeness (QED) is 0.597. The summed E-state index contributed by atoms with van der Waals surface area (Å²) in [4.78, 5) is 2.31. The molecule has 1 saturated carbocycles. The Labute approximate surface area is 73.6 Å². The SMILES string of the molecule is C1CCC(N2COCOC2)CC1. The predicted octanol–water partition coefficient (Wildman–Crippen LogP) is 1.54. The highest BCUT2D eigenvalue weighted by atomic mass is 16.7. The number of nitrogens with zero attached hydrogens (tertiary/aromatic N) is 1. The third-order valence-corrected chi connectivity index (χ3v) is 2.77. The molecule has 0 spiro atoms. The number of ether oxygens (including phenoxy) is 2. The molecule has 0 bridgehead atoms. The molecule has 1 aliphatic heterocycles. The van der Waals surface area contributed by atoms with Crippen LogP contribution in [0.1, 0.15) is 32.1 Å². The molecular formula is C9H17NO2. The lowest BCUT2D eigenvalue weighted by molar-refractivity contribution is -0.197. The molecular weight excluding hydrogens is 154 g/mol. The van der Waals surface area contributed by atoms with Crippen molar-refractivity contribution in [1.82, 2.24) is 4.90 Å². The normalized spacial score (nSPS) is 29.0. The molecule has 0 unspecified atom stereocenters. The Balaban J connectivity index is 1.80. The first-order valence-corrected chi connectivity index (χ1v) is 4.86. The summed E-state index contributed by atoms with van der Waals surface area (Å²) < 4.78 is 10.5. The molecule has 0 aromatic heterocycles. The molecule has 2 fully saturated rings. The third kappa shape index (κ3) is 1.97. The monoisotopic (exact) mass is 171 g/mol. The van der Waals surface area contributed by atoms with Crippen molar-refractivity contribution >= 4 is 0 Å². The first-order chi connectivity index (χ1) is 5.97. The van der Waals surface area contributed by atoms with Gasteiger partial charge in [0.25, 0.3) is 0 Å². The zero-order valence-corrected chi connectivity index (χ0v) is 7.50. The van der Waals surface area contributed by atoms with E-state index in [1.54, 1.807) is 0 Å². The maximum Gasteiger partial charge on any atom is 0.150 e. The van der Waals surface area contributed by atoms with E-state index in [2.05, 4.69) is 4.90 Å². The van der Waals surface area contributed by atoms with Crippen LogP contribution in [0.15, 0.2) is 0 Å². The molecule has 0 radical (unpaired) electrons. The highest BCUT2D eigenvalue weighted by molar-refractivity contribution is 4.73. The fourth-order valence-electron chi connectivity index (χ4n) is 2.06. The fraction of sp³-hybridized carbons (Fsp3) is 1.00. The van der Waals surface area contributed by atoms with Crippen molar-refractivity contribution in [1.29, 1.82) is 0 Å². The summed E-state index contributed by atoms with van der Waals surface area (Å²) in [6, 6.07) is 0.721. The van der Waals surface area contributed by atoms with Crippen molar-refractivity contribution in [3.63, 3.8) is 0 Å². The van der Waals surface area contributed by atoms with Gasteiger partial charge in [-0.3, -0.25) is 4.90 Å². The predicted molar refractivity (Wildman–Crippen MR) is 45.5 cm³/mol. The first kappa shape index (κ1) is 8.48. The van der Waals surface area contributed by atoms with E-state index in [0.717, 1.165) is 19.5 Å². The van der Waals surface area contributed by atoms with Crippen LogP contribution in [0.2, 0.25) is 0 Å². The van der Waals surface area contributed by atoms with Crippen LogP contribution in [0.4, 0.5) is 0 Å². The summed E-state index contributed by atoms with van der Waals surface area (Å²) >= 11 is 0. The van der Waals surface area contributed by atoms with Crippen LogP contribution >= 0.6 is 0 Å². The van der Waals surface area contributed by atoms with E-state index in [0.29, 0.717) is 6.79 Å². The smallest absolute Gasteiger partial charge is 0.150 e. The molecule has 0 aromatic carbocycles. The maximum absolute atomic E-state index is 5.24. The third-order valence-electron chi connectivity index (χ3n) is 2.77. The van der Waals surface area contributed by atoms with Gasteiger partial charge in [0.15, 0.2) is 0 Å². The van der Waals surface area contributed by atoms with E-state index in [-0.39, 0.29) is 0 Å². The zero-order valence-electron chi connectivity index (χ0n) is 7.50. The van der Waals surface area contributed by atoms with Crippen molar-refractivity contribution in [2.45, 2.75) is 38.1 Å². The average molecular weight is 171 g/mol. The second-order valence-corrected chi connectivity index (χ2v) is 3.66. The van der Waals surface area contributed by atoms with E-state index < -0.39 is 0 Å². The summed E-state index contributed by atoms with van der Waals surface area (Å²) in [5.41, 5.74) is 0. The molecule has 2 aliphatic rings. The number of rotatable bonds is 1. The van der Waals surface area contributed by atoms with Crippen LogP contribution in [0.25, 0.3) is 0 Å². The van der Waals surface area contributed by atoms with Crippen LogP contribution in [-0.4, -0.2) is 31.2 Å². The van der Waals surface area contributed by atoms with E-state index in [9.17, 15) is 0 Å². The Bertz CT molecular complexity index is 112. The summed E-state index contributed by atoms with van der Waals surface area (Å²) in [6.07, 6.45) is 6.81. The Hall–Kier alpha value is -0.120. The van der Waals surface area contributed by atoms with Gasteiger partial charge >= 0.3 is 0 Å². The van der Waals surface area contributed by atoms with Gasteiger partial charge in [0.05, 0.1) is 0 Å². The van der Waals surface area contributed by atoms with Gasteiger partial charge in [-0.25, -0.2) is 0 Å². The van der Waals surface area contributed by atoms with Crippen molar-refractivity contribution in [3.8, 4) is 0 Å². The molecule has 12 heavy (non-hydrogen) atoms. The van der Waals surface area contributed by atoms with Crippen molar-refractivity contribution < 1.29 is 9.47 Å². The molecule has 0 aromatic rings. The average Bonchev–Trinajstić information content (AvgIpc) is 2.21. The van der Waals surface area contributed by atoms with Crippen LogP contribution in [0, 0.1) is 0 Å². The van der Waals surface area contributed by atoms with Gasteiger partial charge < -0.3 is 9.47 Å². The summed E-state index contributed by atoms with van der Waals surface area (Å²) in [5.74, 6) is 0. The Morgan fingerprint density at radius 1 is 0.917 bits per heavy atom. The highest BCUT2D eigenvalue weighted by Gasteiger charge is 2.22. The lowest BCUT2D eigenvalue weighted by Gasteiger charge is -2.35. The fourth-order valence-corrected chi connectivity index (χ4v) is 2.06. The van der Waals surface area contributed by atoms with Gasteiger partial charge in [-0.2, -0.15) is 0 Å². The van der Waals surface area contributed by atoms with Crippen LogP contribution in [0.5, 0.6) is 0 Å². The molecule has 1 aliphatic carbocycles. The lowest BCUT2D eigenvalue weighted by Crippen LogP contribution is -2.43. The van der Waals surface area contributed by atoms with E-state index in [1.807, 2.05) is 0 Å². The molecule has 0 N–H and O–H groups in total. The molecule has 0 amide bonds. The molecule has 2 rings (SSSR count).